The van der Waals surface area contributed by atoms with Crippen LogP contribution in [0.5, 0.6) is 0 Å². The minimum Gasteiger partial charge on any atom is -0.316 e. The maximum absolute atomic E-state index is 5.88. The van der Waals surface area contributed by atoms with E-state index in [-0.39, 0.29) is 0 Å². The van der Waals surface area contributed by atoms with Crippen molar-refractivity contribution < 1.29 is 0 Å². The van der Waals surface area contributed by atoms with Gasteiger partial charge in [0.2, 0.25) is 0 Å². The highest BCUT2D eigenvalue weighted by Gasteiger charge is 2.20. The summed E-state index contributed by atoms with van der Waals surface area (Å²) in [6, 6.07) is 3.65. The molecule has 3 rings (SSSR count). The van der Waals surface area contributed by atoms with Gasteiger partial charge in [0, 0.05) is 12.5 Å². The first kappa shape index (κ1) is 9.12. The SMILES string of the molecule is Clc1ccc2ncc(C3CCNC3)n2n1. The van der Waals surface area contributed by atoms with Crippen molar-refractivity contribution in [2.24, 2.45) is 0 Å². The molecule has 15 heavy (non-hydrogen) atoms. The highest BCUT2D eigenvalue weighted by Crippen LogP contribution is 2.22. The molecule has 1 fully saturated rings. The monoisotopic (exact) mass is 222 g/mol. The van der Waals surface area contributed by atoms with Gasteiger partial charge in [-0.15, -0.1) is 0 Å². The number of nitrogens with zero attached hydrogens (tertiary/aromatic N) is 3. The molecule has 0 amide bonds. The predicted octanol–water partition coefficient (Wildman–Crippen LogP) is 1.46. The molecular formula is C10H11ClN4. The van der Waals surface area contributed by atoms with Crippen LogP contribution in [0.2, 0.25) is 5.15 Å². The molecule has 0 spiro atoms. The van der Waals surface area contributed by atoms with E-state index in [2.05, 4.69) is 15.4 Å². The quantitative estimate of drug-likeness (QED) is 0.795. The van der Waals surface area contributed by atoms with Crippen LogP contribution in [0.25, 0.3) is 5.65 Å². The van der Waals surface area contributed by atoms with Gasteiger partial charge < -0.3 is 5.32 Å². The molecule has 1 saturated heterocycles. The molecule has 0 saturated carbocycles. The van der Waals surface area contributed by atoms with E-state index in [4.69, 9.17) is 11.6 Å². The van der Waals surface area contributed by atoms with E-state index in [1.807, 2.05) is 16.8 Å². The number of aromatic nitrogens is 3. The lowest BCUT2D eigenvalue weighted by molar-refractivity contribution is 0.698. The van der Waals surface area contributed by atoms with E-state index in [9.17, 15) is 0 Å². The topological polar surface area (TPSA) is 42.2 Å². The molecule has 1 N–H and O–H groups in total. The van der Waals surface area contributed by atoms with Gasteiger partial charge in [-0.2, -0.15) is 5.10 Å². The van der Waals surface area contributed by atoms with Gasteiger partial charge in [-0.05, 0) is 25.1 Å². The summed E-state index contributed by atoms with van der Waals surface area (Å²) in [6.07, 6.45) is 3.04. The van der Waals surface area contributed by atoms with Crippen LogP contribution < -0.4 is 5.32 Å². The fraction of sp³-hybridized carbons (Fsp3) is 0.400. The number of nitrogens with one attached hydrogen (secondary N) is 1. The Kier molecular flexibility index (Phi) is 2.11. The van der Waals surface area contributed by atoms with E-state index in [0.29, 0.717) is 11.1 Å². The van der Waals surface area contributed by atoms with Gasteiger partial charge in [-0.3, -0.25) is 0 Å². The maximum Gasteiger partial charge on any atom is 0.153 e. The second-order valence-electron chi connectivity index (χ2n) is 3.80. The van der Waals surface area contributed by atoms with Gasteiger partial charge in [-0.1, -0.05) is 11.6 Å². The van der Waals surface area contributed by atoms with Crippen LogP contribution in [0.3, 0.4) is 0 Å². The number of hydrogen-bond donors (Lipinski definition) is 1. The summed E-state index contributed by atoms with van der Waals surface area (Å²) in [5.41, 5.74) is 2.01. The molecule has 4 nitrogen and oxygen atoms in total. The first-order valence-corrected chi connectivity index (χ1v) is 5.43. The van der Waals surface area contributed by atoms with Crippen LogP contribution in [0.4, 0.5) is 0 Å². The third kappa shape index (κ3) is 1.50. The average molecular weight is 223 g/mol. The Hall–Kier alpha value is -1.13. The number of fused-ring (bicyclic) bond motifs is 1. The molecule has 0 radical (unpaired) electrons. The molecule has 5 heteroatoms. The largest absolute Gasteiger partial charge is 0.316 e. The standard InChI is InChI=1S/C10H11ClN4/c11-9-1-2-10-13-6-8(15(10)14-9)7-3-4-12-5-7/h1-2,6-7,12H,3-5H2. The predicted molar refractivity (Wildman–Crippen MR) is 58.2 cm³/mol. The smallest absolute Gasteiger partial charge is 0.153 e. The van der Waals surface area contributed by atoms with Crippen molar-refractivity contribution in [1.29, 1.82) is 0 Å². The number of imidazole rings is 1. The summed E-state index contributed by atoms with van der Waals surface area (Å²) in [4.78, 5) is 4.32. The van der Waals surface area contributed by atoms with Crippen LogP contribution >= 0.6 is 11.6 Å². The number of halogens is 1. The van der Waals surface area contributed by atoms with Gasteiger partial charge in [-0.25, -0.2) is 9.50 Å². The first-order chi connectivity index (χ1) is 7.34. The Morgan fingerprint density at radius 2 is 2.40 bits per heavy atom. The Balaban J connectivity index is 2.13. The lowest BCUT2D eigenvalue weighted by atomic mass is 10.1. The number of rotatable bonds is 1. The maximum atomic E-state index is 5.88. The van der Waals surface area contributed by atoms with E-state index in [1.54, 1.807) is 6.07 Å². The fourth-order valence-electron chi connectivity index (χ4n) is 2.05. The molecule has 2 aromatic heterocycles. The van der Waals surface area contributed by atoms with Crippen LogP contribution in [0.15, 0.2) is 18.3 Å². The Morgan fingerprint density at radius 1 is 1.47 bits per heavy atom. The van der Waals surface area contributed by atoms with Crippen molar-refractivity contribution in [1.82, 2.24) is 19.9 Å². The Bertz CT molecular complexity index is 487. The molecule has 0 aliphatic carbocycles. The lowest BCUT2D eigenvalue weighted by Gasteiger charge is -2.06. The second-order valence-corrected chi connectivity index (χ2v) is 4.19. The van der Waals surface area contributed by atoms with Crippen molar-refractivity contribution in [3.05, 3.63) is 29.2 Å². The summed E-state index contributed by atoms with van der Waals surface area (Å²) < 4.78 is 1.85. The van der Waals surface area contributed by atoms with Crippen molar-refractivity contribution in [2.45, 2.75) is 12.3 Å². The van der Waals surface area contributed by atoms with Crippen LogP contribution in [-0.4, -0.2) is 27.7 Å². The third-order valence-corrected chi connectivity index (χ3v) is 3.04. The van der Waals surface area contributed by atoms with E-state index >= 15 is 0 Å². The zero-order valence-corrected chi connectivity index (χ0v) is 8.91. The minimum absolute atomic E-state index is 0.506. The minimum atomic E-state index is 0.506. The molecule has 1 atom stereocenters. The summed E-state index contributed by atoms with van der Waals surface area (Å²) in [5.74, 6) is 0.506. The van der Waals surface area contributed by atoms with Crippen molar-refractivity contribution in [3.63, 3.8) is 0 Å². The summed E-state index contributed by atoms with van der Waals surface area (Å²) in [6.45, 7) is 2.07. The average Bonchev–Trinajstić information content (AvgIpc) is 2.83. The highest BCUT2D eigenvalue weighted by atomic mass is 35.5. The van der Waals surface area contributed by atoms with Gasteiger partial charge in [0.25, 0.3) is 0 Å². The van der Waals surface area contributed by atoms with Crippen LogP contribution in [0.1, 0.15) is 18.0 Å². The summed E-state index contributed by atoms with van der Waals surface area (Å²) >= 11 is 5.88. The summed E-state index contributed by atoms with van der Waals surface area (Å²) in [5, 5.41) is 8.12. The van der Waals surface area contributed by atoms with Gasteiger partial charge in [0.15, 0.2) is 5.65 Å². The summed E-state index contributed by atoms with van der Waals surface area (Å²) in [7, 11) is 0. The third-order valence-electron chi connectivity index (χ3n) is 2.83. The van der Waals surface area contributed by atoms with Gasteiger partial charge in [0.05, 0.1) is 11.9 Å². The Labute approximate surface area is 92.3 Å². The van der Waals surface area contributed by atoms with E-state index < -0.39 is 0 Å². The van der Waals surface area contributed by atoms with Crippen LogP contribution in [0, 0.1) is 0 Å². The molecule has 1 unspecified atom stereocenters. The fourth-order valence-corrected chi connectivity index (χ4v) is 2.19. The normalized spacial score (nSPS) is 21.3. The zero-order chi connectivity index (χ0) is 10.3. The molecule has 0 aromatic carbocycles. The van der Waals surface area contributed by atoms with Crippen molar-refractivity contribution >= 4 is 17.2 Å². The number of hydrogen-bond acceptors (Lipinski definition) is 3. The van der Waals surface area contributed by atoms with Crippen LogP contribution in [-0.2, 0) is 0 Å². The molecule has 2 aromatic rings. The van der Waals surface area contributed by atoms with E-state index in [1.165, 1.54) is 0 Å². The molecular weight excluding hydrogens is 212 g/mol. The molecule has 78 valence electrons. The van der Waals surface area contributed by atoms with Gasteiger partial charge >= 0.3 is 0 Å². The molecule has 3 heterocycles. The molecule has 0 bridgehead atoms. The molecule has 1 aliphatic heterocycles. The zero-order valence-electron chi connectivity index (χ0n) is 8.15. The van der Waals surface area contributed by atoms with Gasteiger partial charge in [0.1, 0.15) is 5.15 Å². The van der Waals surface area contributed by atoms with Crippen molar-refractivity contribution in [3.8, 4) is 0 Å². The second kappa shape index (κ2) is 3.47. The first-order valence-electron chi connectivity index (χ1n) is 5.05. The van der Waals surface area contributed by atoms with E-state index in [0.717, 1.165) is 30.9 Å². The molecule has 1 aliphatic rings. The lowest BCUT2D eigenvalue weighted by Crippen LogP contribution is -2.10. The Morgan fingerprint density at radius 3 is 3.20 bits per heavy atom. The highest BCUT2D eigenvalue weighted by molar-refractivity contribution is 6.29. The van der Waals surface area contributed by atoms with Crippen molar-refractivity contribution in [2.75, 3.05) is 13.1 Å².